The van der Waals surface area contributed by atoms with Crippen LogP contribution in [0.3, 0.4) is 0 Å². The van der Waals surface area contributed by atoms with Gasteiger partial charge in [0.05, 0.1) is 11.9 Å². The highest BCUT2D eigenvalue weighted by molar-refractivity contribution is 7.92. The van der Waals surface area contributed by atoms with Crippen LogP contribution < -0.4 is 9.62 Å². The van der Waals surface area contributed by atoms with E-state index in [1.54, 1.807) is 49.4 Å². The summed E-state index contributed by atoms with van der Waals surface area (Å²) in [5.41, 5.74) is 1.11. The maximum absolute atomic E-state index is 12.6. The lowest BCUT2D eigenvalue weighted by Crippen LogP contribution is -2.46. The van der Waals surface area contributed by atoms with E-state index in [1.165, 1.54) is 4.31 Å². The summed E-state index contributed by atoms with van der Waals surface area (Å²) >= 11 is 0. The second-order valence-electron chi connectivity index (χ2n) is 5.17. The van der Waals surface area contributed by atoms with Crippen LogP contribution in [0, 0.1) is 0 Å². The van der Waals surface area contributed by atoms with Crippen molar-refractivity contribution in [3.63, 3.8) is 0 Å². The average molecular weight is 332 g/mol. The van der Waals surface area contributed by atoms with E-state index in [4.69, 9.17) is 0 Å². The van der Waals surface area contributed by atoms with Gasteiger partial charge in [-0.05, 0) is 30.7 Å². The average Bonchev–Trinajstić information content (AvgIpc) is 2.53. The number of benzene rings is 2. The number of carbonyl (C=O) groups is 1. The van der Waals surface area contributed by atoms with Crippen molar-refractivity contribution in [2.24, 2.45) is 0 Å². The number of amides is 1. The van der Waals surface area contributed by atoms with E-state index in [2.05, 4.69) is 5.32 Å². The summed E-state index contributed by atoms with van der Waals surface area (Å²) in [6.07, 6.45) is 1.47. The maximum atomic E-state index is 12.6. The minimum atomic E-state index is -3.59. The lowest BCUT2D eigenvalue weighted by Gasteiger charge is -2.30. The Labute approximate surface area is 137 Å². The first kappa shape index (κ1) is 17.0. The Balaban J connectivity index is 2.33. The number of hydrogen-bond donors (Lipinski definition) is 1. The molecule has 0 aliphatic carbocycles. The van der Waals surface area contributed by atoms with Gasteiger partial charge >= 0.3 is 0 Å². The fourth-order valence-electron chi connectivity index (χ4n) is 2.38. The zero-order chi connectivity index (χ0) is 16.9. The van der Waals surface area contributed by atoms with E-state index < -0.39 is 16.1 Å². The lowest BCUT2D eigenvalue weighted by molar-refractivity contribution is -0.117. The molecule has 1 unspecified atom stereocenters. The molecule has 122 valence electrons. The number of sulfonamides is 1. The summed E-state index contributed by atoms with van der Waals surface area (Å²) in [7, 11) is -3.59. The minimum absolute atomic E-state index is 0.354. The molecule has 0 spiro atoms. The number of anilines is 2. The third-order valence-electron chi connectivity index (χ3n) is 3.38. The van der Waals surface area contributed by atoms with Crippen LogP contribution in [-0.2, 0) is 14.8 Å². The zero-order valence-corrected chi connectivity index (χ0v) is 14.0. The Morgan fingerprint density at radius 2 is 1.57 bits per heavy atom. The van der Waals surface area contributed by atoms with Crippen molar-refractivity contribution in [2.45, 2.75) is 19.4 Å². The highest BCUT2D eigenvalue weighted by Crippen LogP contribution is 2.22. The van der Waals surface area contributed by atoms with Crippen molar-refractivity contribution >= 4 is 27.3 Å². The molecular formula is C17H20N2O3S. The summed E-state index contributed by atoms with van der Waals surface area (Å²) in [5.74, 6) is -0.354. The van der Waals surface area contributed by atoms with Crippen LogP contribution in [0.5, 0.6) is 0 Å². The normalized spacial score (nSPS) is 12.4. The molecule has 2 aromatic rings. The molecule has 1 atom stereocenters. The maximum Gasteiger partial charge on any atom is 0.248 e. The fraction of sp³-hybridized carbons (Fsp3) is 0.235. The van der Waals surface area contributed by atoms with Gasteiger partial charge in [-0.3, -0.25) is 9.10 Å². The largest absolute Gasteiger partial charge is 0.324 e. The van der Waals surface area contributed by atoms with E-state index >= 15 is 0 Å². The Bertz CT molecular complexity index is 746. The molecule has 6 heteroatoms. The van der Waals surface area contributed by atoms with Gasteiger partial charge in [0.15, 0.2) is 0 Å². The van der Waals surface area contributed by atoms with Crippen LogP contribution in [0.1, 0.15) is 13.3 Å². The van der Waals surface area contributed by atoms with Crippen molar-refractivity contribution < 1.29 is 13.2 Å². The van der Waals surface area contributed by atoms with Crippen LogP contribution >= 0.6 is 0 Å². The van der Waals surface area contributed by atoms with Crippen LogP contribution in [0.4, 0.5) is 11.4 Å². The lowest BCUT2D eigenvalue weighted by atomic mass is 10.2. The summed E-state index contributed by atoms with van der Waals surface area (Å²) < 4.78 is 25.6. The summed E-state index contributed by atoms with van der Waals surface area (Å²) in [4.78, 5) is 12.6. The molecule has 0 saturated carbocycles. The van der Waals surface area contributed by atoms with Crippen LogP contribution in [0.25, 0.3) is 0 Å². The molecule has 0 aliphatic heterocycles. The molecule has 0 saturated heterocycles. The molecule has 0 bridgehead atoms. The molecule has 1 N–H and O–H groups in total. The Hall–Kier alpha value is -2.34. The van der Waals surface area contributed by atoms with E-state index in [-0.39, 0.29) is 5.91 Å². The number of hydrogen-bond acceptors (Lipinski definition) is 3. The molecular weight excluding hydrogens is 312 g/mol. The first-order valence-corrected chi connectivity index (χ1v) is 9.18. The Morgan fingerprint density at radius 1 is 1.04 bits per heavy atom. The first-order valence-electron chi connectivity index (χ1n) is 7.34. The van der Waals surface area contributed by atoms with Gasteiger partial charge in [0.2, 0.25) is 15.9 Å². The molecule has 1 amide bonds. The van der Waals surface area contributed by atoms with Crippen molar-refractivity contribution in [3.8, 4) is 0 Å². The molecule has 0 aliphatic rings. The summed E-state index contributed by atoms with van der Waals surface area (Å²) in [6.45, 7) is 1.79. The second-order valence-corrected chi connectivity index (χ2v) is 7.03. The van der Waals surface area contributed by atoms with Crippen molar-refractivity contribution in [3.05, 3.63) is 60.7 Å². The van der Waals surface area contributed by atoms with Gasteiger partial charge in [-0.2, -0.15) is 0 Å². The monoisotopic (exact) mass is 332 g/mol. The standard InChI is InChI=1S/C17H20N2O3S/c1-3-16(17(20)18-14-10-6-4-7-11-14)19(23(2,21)22)15-12-8-5-9-13-15/h4-13,16H,3H2,1-2H3,(H,18,20). The van der Waals surface area contributed by atoms with Crippen LogP contribution in [-0.4, -0.2) is 26.6 Å². The zero-order valence-electron chi connectivity index (χ0n) is 13.1. The Morgan fingerprint density at radius 3 is 2.04 bits per heavy atom. The van der Waals surface area contributed by atoms with Gasteiger partial charge in [0.25, 0.3) is 0 Å². The number of para-hydroxylation sites is 2. The minimum Gasteiger partial charge on any atom is -0.324 e. The first-order chi connectivity index (χ1) is 10.9. The smallest absolute Gasteiger partial charge is 0.248 e. The number of rotatable bonds is 6. The van der Waals surface area contributed by atoms with Crippen LogP contribution in [0.15, 0.2) is 60.7 Å². The highest BCUT2D eigenvalue weighted by atomic mass is 32.2. The summed E-state index contributed by atoms with van der Waals surface area (Å²) in [5, 5.41) is 2.77. The van der Waals surface area contributed by atoms with Crippen molar-refractivity contribution in [1.82, 2.24) is 0 Å². The highest BCUT2D eigenvalue weighted by Gasteiger charge is 2.31. The predicted octanol–water partition coefficient (Wildman–Crippen LogP) is 2.87. The van der Waals surface area contributed by atoms with Gasteiger partial charge in [-0.25, -0.2) is 8.42 Å². The second kappa shape index (κ2) is 7.28. The molecule has 0 radical (unpaired) electrons. The molecule has 5 nitrogen and oxygen atoms in total. The number of nitrogens with one attached hydrogen (secondary N) is 1. The molecule has 23 heavy (non-hydrogen) atoms. The Kier molecular flexibility index (Phi) is 5.39. The molecule has 0 heterocycles. The predicted molar refractivity (Wildman–Crippen MR) is 92.9 cm³/mol. The van der Waals surface area contributed by atoms with E-state index in [0.717, 1.165) is 6.26 Å². The van der Waals surface area contributed by atoms with E-state index in [0.29, 0.717) is 17.8 Å². The van der Waals surface area contributed by atoms with E-state index in [1.807, 2.05) is 18.2 Å². The molecule has 0 fully saturated rings. The fourth-order valence-corrected chi connectivity index (χ4v) is 3.59. The third kappa shape index (κ3) is 4.32. The van der Waals surface area contributed by atoms with Gasteiger partial charge in [-0.15, -0.1) is 0 Å². The SMILES string of the molecule is CCC(C(=O)Nc1ccccc1)N(c1ccccc1)S(C)(=O)=O. The van der Waals surface area contributed by atoms with Crippen molar-refractivity contribution in [1.29, 1.82) is 0 Å². The molecule has 2 aromatic carbocycles. The number of nitrogens with zero attached hydrogens (tertiary/aromatic N) is 1. The van der Waals surface area contributed by atoms with Crippen LogP contribution in [0.2, 0.25) is 0 Å². The third-order valence-corrected chi connectivity index (χ3v) is 4.56. The van der Waals surface area contributed by atoms with E-state index in [9.17, 15) is 13.2 Å². The molecule has 2 rings (SSSR count). The van der Waals surface area contributed by atoms with Crippen molar-refractivity contribution in [2.75, 3.05) is 15.9 Å². The molecule has 0 aromatic heterocycles. The van der Waals surface area contributed by atoms with Gasteiger partial charge in [0, 0.05) is 5.69 Å². The topological polar surface area (TPSA) is 66.5 Å². The van der Waals surface area contributed by atoms with Gasteiger partial charge in [0.1, 0.15) is 6.04 Å². The van der Waals surface area contributed by atoms with Gasteiger partial charge < -0.3 is 5.32 Å². The summed E-state index contributed by atoms with van der Waals surface area (Å²) in [6, 6.07) is 16.8. The number of carbonyl (C=O) groups excluding carboxylic acids is 1. The van der Waals surface area contributed by atoms with Gasteiger partial charge in [-0.1, -0.05) is 43.3 Å². The quantitative estimate of drug-likeness (QED) is 0.884.